The van der Waals surface area contributed by atoms with E-state index in [9.17, 15) is 9.18 Å². The van der Waals surface area contributed by atoms with Crippen LogP contribution in [0.5, 0.6) is 0 Å². The molecule has 30 heavy (non-hydrogen) atoms. The quantitative estimate of drug-likeness (QED) is 0.461. The second-order valence-corrected chi connectivity index (χ2v) is 7.55. The molecule has 6 nitrogen and oxygen atoms in total. The Kier molecular flexibility index (Phi) is 5.85. The Labute approximate surface area is 177 Å². The molecule has 4 aromatic rings. The molecule has 1 amide bonds. The summed E-state index contributed by atoms with van der Waals surface area (Å²) in [5, 5.41) is 15.4. The van der Waals surface area contributed by atoms with Crippen LogP contribution in [-0.4, -0.2) is 26.1 Å². The molecular formula is C22H18FN5OS. The molecule has 0 unspecified atom stereocenters. The smallest absolute Gasteiger partial charge is 0.255 e. The maximum absolute atomic E-state index is 13.0. The maximum atomic E-state index is 13.0. The van der Waals surface area contributed by atoms with Crippen LogP contribution in [0, 0.1) is 12.7 Å². The number of carbonyl (C=O) groups is 1. The summed E-state index contributed by atoms with van der Waals surface area (Å²) in [7, 11) is 0. The topological polar surface area (TPSA) is 72.7 Å². The highest BCUT2D eigenvalue weighted by Crippen LogP contribution is 2.23. The molecule has 0 aliphatic heterocycles. The van der Waals surface area contributed by atoms with Crippen LogP contribution in [-0.2, 0) is 5.75 Å². The summed E-state index contributed by atoms with van der Waals surface area (Å²) in [6.07, 6.45) is 0. The number of halogens is 1. The molecule has 0 aliphatic carbocycles. The number of aryl methyl sites for hydroxylation is 1. The van der Waals surface area contributed by atoms with Crippen molar-refractivity contribution in [2.75, 3.05) is 5.32 Å². The first-order valence-corrected chi connectivity index (χ1v) is 10.2. The van der Waals surface area contributed by atoms with E-state index >= 15 is 0 Å². The van der Waals surface area contributed by atoms with E-state index in [1.54, 1.807) is 41.1 Å². The van der Waals surface area contributed by atoms with Gasteiger partial charge in [-0.3, -0.25) is 4.79 Å². The van der Waals surface area contributed by atoms with Crippen LogP contribution in [0.2, 0.25) is 0 Å². The molecule has 1 N–H and O–H groups in total. The molecule has 150 valence electrons. The molecule has 1 heterocycles. The van der Waals surface area contributed by atoms with Crippen LogP contribution in [0.1, 0.15) is 21.5 Å². The monoisotopic (exact) mass is 419 g/mol. The third-order valence-corrected chi connectivity index (χ3v) is 5.48. The van der Waals surface area contributed by atoms with Crippen molar-refractivity contribution in [3.05, 3.63) is 95.3 Å². The minimum absolute atomic E-state index is 0.182. The van der Waals surface area contributed by atoms with Crippen molar-refractivity contribution >= 4 is 23.4 Å². The second-order valence-electron chi connectivity index (χ2n) is 6.60. The molecule has 0 bridgehead atoms. The van der Waals surface area contributed by atoms with Crippen LogP contribution in [0.3, 0.4) is 0 Å². The van der Waals surface area contributed by atoms with Crippen molar-refractivity contribution in [3.63, 3.8) is 0 Å². The van der Waals surface area contributed by atoms with E-state index in [4.69, 9.17) is 0 Å². The van der Waals surface area contributed by atoms with Crippen molar-refractivity contribution in [1.82, 2.24) is 20.2 Å². The first kappa shape index (κ1) is 19.8. The number of anilines is 1. The van der Waals surface area contributed by atoms with E-state index < -0.39 is 0 Å². The Hall–Kier alpha value is -3.52. The van der Waals surface area contributed by atoms with Crippen LogP contribution in [0.25, 0.3) is 5.69 Å². The molecule has 8 heteroatoms. The molecule has 1 aromatic heterocycles. The number of hydrogen-bond donors (Lipinski definition) is 1. The van der Waals surface area contributed by atoms with Gasteiger partial charge < -0.3 is 5.32 Å². The van der Waals surface area contributed by atoms with Gasteiger partial charge >= 0.3 is 0 Å². The lowest BCUT2D eigenvalue weighted by Gasteiger charge is -2.09. The van der Waals surface area contributed by atoms with E-state index in [0.29, 0.717) is 16.5 Å². The summed E-state index contributed by atoms with van der Waals surface area (Å²) in [5.74, 6) is 0.163. The summed E-state index contributed by atoms with van der Waals surface area (Å²) in [6.45, 7) is 1.95. The number of benzene rings is 3. The molecule has 4 rings (SSSR count). The predicted molar refractivity (Wildman–Crippen MR) is 114 cm³/mol. The fourth-order valence-corrected chi connectivity index (χ4v) is 3.67. The van der Waals surface area contributed by atoms with E-state index in [1.807, 2.05) is 31.2 Å². The van der Waals surface area contributed by atoms with Gasteiger partial charge in [0.15, 0.2) is 0 Å². The average Bonchev–Trinajstić information content (AvgIpc) is 3.24. The minimum atomic E-state index is -0.264. The number of nitrogens with zero attached hydrogens (tertiary/aromatic N) is 4. The lowest BCUT2D eigenvalue weighted by molar-refractivity contribution is 0.102. The highest BCUT2D eigenvalue weighted by Gasteiger charge is 2.12. The molecule has 0 spiro atoms. The van der Waals surface area contributed by atoms with Crippen molar-refractivity contribution < 1.29 is 9.18 Å². The standard InChI is InChI=1S/C22H18FN5OS/c1-15-4-2-3-5-20(15)24-21(29)17-8-12-19(13-9-17)28-22(25-26-27-28)30-14-16-6-10-18(23)11-7-16/h2-13H,14H2,1H3,(H,24,29). The van der Waals surface area contributed by atoms with Crippen LogP contribution >= 0.6 is 11.8 Å². The zero-order chi connectivity index (χ0) is 20.9. The zero-order valence-electron chi connectivity index (χ0n) is 16.1. The van der Waals surface area contributed by atoms with Gasteiger partial charge in [-0.05, 0) is 70.9 Å². The number of aromatic nitrogens is 4. The molecule has 0 aliphatic rings. The van der Waals surface area contributed by atoms with E-state index in [0.717, 1.165) is 22.5 Å². The van der Waals surface area contributed by atoms with E-state index in [-0.39, 0.29) is 11.7 Å². The summed E-state index contributed by atoms with van der Waals surface area (Å²) in [5.41, 5.74) is 4.04. The summed E-state index contributed by atoms with van der Waals surface area (Å²) >= 11 is 1.45. The van der Waals surface area contributed by atoms with Crippen molar-refractivity contribution in [2.45, 2.75) is 17.8 Å². The average molecular weight is 419 g/mol. The third-order valence-electron chi connectivity index (χ3n) is 4.49. The summed E-state index contributed by atoms with van der Waals surface area (Å²) in [4.78, 5) is 12.5. The van der Waals surface area contributed by atoms with Gasteiger partial charge in [0.25, 0.3) is 5.91 Å². The van der Waals surface area contributed by atoms with Crippen molar-refractivity contribution in [1.29, 1.82) is 0 Å². The highest BCUT2D eigenvalue weighted by molar-refractivity contribution is 7.98. The first-order chi connectivity index (χ1) is 14.6. The Balaban J connectivity index is 1.45. The Morgan fingerprint density at radius 1 is 1.03 bits per heavy atom. The van der Waals surface area contributed by atoms with Crippen LogP contribution in [0.15, 0.2) is 78.0 Å². The first-order valence-electron chi connectivity index (χ1n) is 9.23. The van der Waals surface area contributed by atoms with Crippen molar-refractivity contribution in [3.8, 4) is 5.69 Å². The zero-order valence-corrected chi connectivity index (χ0v) is 16.9. The summed E-state index contributed by atoms with van der Waals surface area (Å²) < 4.78 is 14.7. The van der Waals surface area contributed by atoms with Gasteiger partial charge in [-0.1, -0.05) is 42.1 Å². The lowest BCUT2D eigenvalue weighted by Crippen LogP contribution is -2.12. The number of hydrogen-bond acceptors (Lipinski definition) is 5. The number of para-hydroxylation sites is 1. The highest BCUT2D eigenvalue weighted by atomic mass is 32.2. The molecule has 0 saturated carbocycles. The Bertz CT molecular complexity index is 1160. The number of carbonyl (C=O) groups excluding carboxylic acids is 1. The van der Waals surface area contributed by atoms with Gasteiger partial charge in [-0.2, -0.15) is 4.68 Å². The second kappa shape index (κ2) is 8.87. The van der Waals surface area contributed by atoms with E-state index in [1.165, 1.54) is 23.9 Å². The van der Waals surface area contributed by atoms with Gasteiger partial charge in [0.1, 0.15) is 5.82 Å². The molecule has 0 radical (unpaired) electrons. The number of rotatable bonds is 6. The van der Waals surface area contributed by atoms with E-state index in [2.05, 4.69) is 20.8 Å². The largest absolute Gasteiger partial charge is 0.322 e. The molecule has 0 fully saturated rings. The van der Waals surface area contributed by atoms with Gasteiger partial charge in [-0.25, -0.2) is 4.39 Å². The maximum Gasteiger partial charge on any atom is 0.255 e. The number of thioether (sulfide) groups is 1. The van der Waals surface area contributed by atoms with Gasteiger partial charge in [-0.15, -0.1) is 5.10 Å². The minimum Gasteiger partial charge on any atom is -0.322 e. The normalized spacial score (nSPS) is 10.7. The number of nitrogens with one attached hydrogen (secondary N) is 1. The molecule has 0 saturated heterocycles. The van der Waals surface area contributed by atoms with Gasteiger partial charge in [0.2, 0.25) is 5.16 Å². The van der Waals surface area contributed by atoms with Crippen molar-refractivity contribution in [2.24, 2.45) is 0 Å². The van der Waals surface area contributed by atoms with Crippen LogP contribution < -0.4 is 5.32 Å². The molecular weight excluding hydrogens is 401 g/mol. The Morgan fingerprint density at radius 2 is 1.77 bits per heavy atom. The summed E-state index contributed by atoms with van der Waals surface area (Å²) in [6, 6.07) is 21.0. The molecule has 0 atom stereocenters. The lowest BCUT2D eigenvalue weighted by atomic mass is 10.1. The SMILES string of the molecule is Cc1ccccc1NC(=O)c1ccc(-n2nnnc2SCc2ccc(F)cc2)cc1. The molecule has 3 aromatic carbocycles. The number of amides is 1. The van der Waals surface area contributed by atoms with Crippen LogP contribution in [0.4, 0.5) is 10.1 Å². The number of tetrazole rings is 1. The fraction of sp³-hybridized carbons (Fsp3) is 0.0909. The fourth-order valence-electron chi connectivity index (χ4n) is 2.82. The third kappa shape index (κ3) is 4.55. The van der Waals surface area contributed by atoms with Gasteiger partial charge in [0.05, 0.1) is 5.69 Å². The predicted octanol–water partition coefficient (Wildman–Crippen LogP) is 4.65. The Morgan fingerprint density at radius 3 is 2.50 bits per heavy atom. The van der Waals surface area contributed by atoms with Gasteiger partial charge in [0, 0.05) is 17.0 Å².